The Morgan fingerprint density at radius 1 is 1.13 bits per heavy atom. The number of amides is 1. The molecular weight excluding hydrogens is 301 g/mol. The second-order valence-electron chi connectivity index (χ2n) is 4.59. The van der Waals surface area contributed by atoms with E-state index in [4.69, 9.17) is 9.47 Å². The first kappa shape index (κ1) is 16.5. The lowest BCUT2D eigenvalue weighted by molar-refractivity contribution is -0.118. The summed E-state index contributed by atoms with van der Waals surface area (Å²) in [7, 11) is 0. The van der Waals surface area contributed by atoms with Crippen molar-refractivity contribution in [3.05, 3.63) is 59.9 Å². The van der Waals surface area contributed by atoms with E-state index in [9.17, 15) is 14.0 Å². The normalized spacial score (nSPS) is 10.0. The van der Waals surface area contributed by atoms with Gasteiger partial charge in [-0.25, -0.2) is 9.18 Å². The van der Waals surface area contributed by atoms with Gasteiger partial charge in [0.2, 0.25) is 0 Å². The van der Waals surface area contributed by atoms with Gasteiger partial charge in [-0.05, 0) is 43.3 Å². The minimum Gasteiger partial charge on any atom is -0.484 e. The third kappa shape index (κ3) is 5.10. The number of rotatable bonds is 6. The number of anilines is 1. The van der Waals surface area contributed by atoms with Crippen molar-refractivity contribution in [2.24, 2.45) is 0 Å². The van der Waals surface area contributed by atoms with Gasteiger partial charge in [0, 0.05) is 11.8 Å². The minimum atomic E-state index is -0.433. The topological polar surface area (TPSA) is 64.6 Å². The van der Waals surface area contributed by atoms with E-state index in [0.29, 0.717) is 17.9 Å². The molecule has 1 amide bonds. The Labute approximate surface area is 133 Å². The summed E-state index contributed by atoms with van der Waals surface area (Å²) in [4.78, 5) is 23.3. The highest BCUT2D eigenvalue weighted by Crippen LogP contribution is 2.13. The van der Waals surface area contributed by atoms with Gasteiger partial charge in [0.05, 0.1) is 12.2 Å². The Hall–Kier alpha value is -2.89. The molecule has 0 saturated carbocycles. The Balaban J connectivity index is 1.86. The highest BCUT2D eigenvalue weighted by Gasteiger charge is 2.08. The molecule has 2 aromatic rings. The molecule has 0 saturated heterocycles. The molecule has 0 aliphatic rings. The molecule has 2 aromatic carbocycles. The molecule has 0 spiro atoms. The smallest absolute Gasteiger partial charge is 0.338 e. The fourth-order valence-electron chi connectivity index (χ4n) is 1.81. The first-order valence-electron chi connectivity index (χ1n) is 7.04. The standard InChI is InChI=1S/C17H16FNO4/c1-2-22-17(21)12-6-8-14(9-7-12)19-16(20)11-23-15-5-3-4-13(18)10-15/h3-10H,2,11H2,1H3,(H,19,20). The van der Waals surface area contributed by atoms with Gasteiger partial charge in [0.15, 0.2) is 6.61 Å². The maximum Gasteiger partial charge on any atom is 0.338 e. The van der Waals surface area contributed by atoms with E-state index in [1.54, 1.807) is 37.3 Å². The second kappa shape index (κ2) is 7.93. The van der Waals surface area contributed by atoms with Crippen molar-refractivity contribution >= 4 is 17.6 Å². The molecule has 5 nitrogen and oxygen atoms in total. The SMILES string of the molecule is CCOC(=O)c1ccc(NC(=O)COc2cccc(F)c2)cc1. The number of hydrogen-bond acceptors (Lipinski definition) is 4. The molecule has 6 heteroatoms. The first-order valence-corrected chi connectivity index (χ1v) is 7.04. The molecule has 0 radical (unpaired) electrons. The second-order valence-corrected chi connectivity index (χ2v) is 4.59. The molecule has 0 heterocycles. The number of nitrogens with one attached hydrogen (secondary N) is 1. The fraction of sp³-hybridized carbons (Fsp3) is 0.176. The predicted octanol–water partition coefficient (Wildman–Crippen LogP) is 3.02. The van der Waals surface area contributed by atoms with Crippen LogP contribution in [0.5, 0.6) is 5.75 Å². The summed E-state index contributed by atoms with van der Waals surface area (Å²) >= 11 is 0. The highest BCUT2D eigenvalue weighted by molar-refractivity contribution is 5.93. The van der Waals surface area contributed by atoms with Gasteiger partial charge in [-0.15, -0.1) is 0 Å². The number of esters is 1. The summed E-state index contributed by atoms with van der Waals surface area (Å²) in [6, 6.07) is 11.8. The fourth-order valence-corrected chi connectivity index (χ4v) is 1.81. The van der Waals surface area contributed by atoms with E-state index in [-0.39, 0.29) is 12.4 Å². The molecule has 0 fully saturated rings. The summed E-state index contributed by atoms with van der Waals surface area (Å²) in [5.41, 5.74) is 0.923. The van der Waals surface area contributed by atoms with Gasteiger partial charge in [-0.2, -0.15) is 0 Å². The van der Waals surface area contributed by atoms with Gasteiger partial charge >= 0.3 is 5.97 Å². The lowest BCUT2D eigenvalue weighted by atomic mass is 10.2. The molecule has 0 atom stereocenters. The zero-order valence-corrected chi connectivity index (χ0v) is 12.5. The van der Waals surface area contributed by atoms with E-state index in [1.165, 1.54) is 18.2 Å². The zero-order chi connectivity index (χ0) is 16.7. The van der Waals surface area contributed by atoms with Crippen LogP contribution in [0.1, 0.15) is 17.3 Å². The number of carbonyl (C=O) groups excluding carboxylic acids is 2. The molecule has 0 unspecified atom stereocenters. The minimum absolute atomic E-state index is 0.247. The third-order valence-electron chi connectivity index (χ3n) is 2.85. The maximum atomic E-state index is 13.0. The van der Waals surface area contributed by atoms with E-state index in [0.717, 1.165) is 0 Å². The van der Waals surface area contributed by atoms with E-state index < -0.39 is 17.7 Å². The van der Waals surface area contributed by atoms with Crippen LogP contribution in [-0.4, -0.2) is 25.1 Å². The summed E-state index contributed by atoms with van der Waals surface area (Å²) in [5, 5.41) is 2.62. The average molecular weight is 317 g/mol. The van der Waals surface area contributed by atoms with E-state index in [2.05, 4.69) is 5.32 Å². The van der Waals surface area contributed by atoms with Crippen LogP contribution in [-0.2, 0) is 9.53 Å². The maximum absolute atomic E-state index is 13.0. The van der Waals surface area contributed by atoms with Crippen LogP contribution in [0.15, 0.2) is 48.5 Å². The predicted molar refractivity (Wildman–Crippen MR) is 82.9 cm³/mol. The van der Waals surface area contributed by atoms with Crippen molar-refractivity contribution in [1.82, 2.24) is 0 Å². The molecule has 23 heavy (non-hydrogen) atoms. The lowest BCUT2D eigenvalue weighted by Crippen LogP contribution is -2.20. The van der Waals surface area contributed by atoms with Crippen molar-refractivity contribution in [2.45, 2.75) is 6.92 Å². The number of benzene rings is 2. The van der Waals surface area contributed by atoms with Gasteiger partial charge in [-0.3, -0.25) is 4.79 Å². The quantitative estimate of drug-likeness (QED) is 0.832. The summed E-state index contributed by atoms with van der Waals surface area (Å²) in [5.74, 6) is -0.965. The highest BCUT2D eigenvalue weighted by atomic mass is 19.1. The van der Waals surface area contributed by atoms with Gasteiger partial charge in [0.1, 0.15) is 11.6 Å². The zero-order valence-electron chi connectivity index (χ0n) is 12.5. The monoisotopic (exact) mass is 317 g/mol. The van der Waals surface area contributed by atoms with Gasteiger partial charge < -0.3 is 14.8 Å². The number of hydrogen-bond donors (Lipinski definition) is 1. The number of ether oxygens (including phenoxy) is 2. The molecule has 0 aliphatic carbocycles. The number of halogens is 1. The molecular formula is C17H16FNO4. The van der Waals surface area contributed by atoms with E-state index >= 15 is 0 Å². The van der Waals surface area contributed by atoms with Crippen LogP contribution in [0.25, 0.3) is 0 Å². The molecule has 120 valence electrons. The molecule has 2 rings (SSSR count). The largest absolute Gasteiger partial charge is 0.484 e. The Bertz CT molecular complexity index is 685. The Morgan fingerprint density at radius 3 is 2.52 bits per heavy atom. The lowest BCUT2D eigenvalue weighted by Gasteiger charge is -2.08. The Kier molecular flexibility index (Phi) is 5.68. The summed E-state index contributed by atoms with van der Waals surface area (Å²) < 4.78 is 23.0. The van der Waals surface area contributed by atoms with Crippen molar-refractivity contribution in [3.63, 3.8) is 0 Å². The van der Waals surface area contributed by atoms with Crippen LogP contribution in [0, 0.1) is 5.82 Å². The molecule has 0 aliphatic heterocycles. The van der Waals surface area contributed by atoms with Crippen molar-refractivity contribution in [3.8, 4) is 5.75 Å². The Morgan fingerprint density at radius 2 is 1.87 bits per heavy atom. The first-order chi connectivity index (χ1) is 11.1. The number of carbonyl (C=O) groups is 2. The van der Waals surface area contributed by atoms with Crippen LogP contribution < -0.4 is 10.1 Å². The van der Waals surface area contributed by atoms with Gasteiger partial charge in [-0.1, -0.05) is 6.07 Å². The molecule has 0 aromatic heterocycles. The molecule has 0 bridgehead atoms. The van der Waals surface area contributed by atoms with Crippen LogP contribution in [0.2, 0.25) is 0 Å². The summed E-state index contributed by atoms with van der Waals surface area (Å²) in [6.45, 7) is 1.78. The third-order valence-corrected chi connectivity index (χ3v) is 2.85. The van der Waals surface area contributed by atoms with Crippen LogP contribution in [0.3, 0.4) is 0 Å². The average Bonchev–Trinajstić information content (AvgIpc) is 2.54. The van der Waals surface area contributed by atoms with Crippen molar-refractivity contribution in [2.75, 3.05) is 18.5 Å². The van der Waals surface area contributed by atoms with Crippen LogP contribution in [0.4, 0.5) is 10.1 Å². The molecule has 1 N–H and O–H groups in total. The van der Waals surface area contributed by atoms with E-state index in [1.807, 2.05) is 0 Å². The van der Waals surface area contributed by atoms with Crippen LogP contribution >= 0.6 is 0 Å². The van der Waals surface area contributed by atoms with Crippen molar-refractivity contribution < 1.29 is 23.5 Å². The van der Waals surface area contributed by atoms with Crippen molar-refractivity contribution in [1.29, 1.82) is 0 Å². The summed E-state index contributed by atoms with van der Waals surface area (Å²) in [6.07, 6.45) is 0. The van der Waals surface area contributed by atoms with Gasteiger partial charge in [0.25, 0.3) is 5.91 Å².